The van der Waals surface area contributed by atoms with Gasteiger partial charge in [-0.3, -0.25) is 4.21 Å². The van der Waals surface area contributed by atoms with Gasteiger partial charge in [-0.05, 0) is 24.3 Å². The van der Waals surface area contributed by atoms with E-state index in [0.717, 1.165) is 18.1 Å². The second-order valence-electron chi connectivity index (χ2n) is 5.29. The Bertz CT molecular complexity index is 393. The molecule has 2 nitrogen and oxygen atoms in total. The SMILES string of the molecule is CCS(=O)CCNC1CCCCC1c1ccccc1. The fourth-order valence-electron chi connectivity index (χ4n) is 2.98. The number of benzene rings is 1. The van der Waals surface area contributed by atoms with Crippen LogP contribution in [0, 0.1) is 0 Å². The molecule has 1 aliphatic carbocycles. The van der Waals surface area contributed by atoms with Crippen molar-refractivity contribution >= 4 is 10.8 Å². The Morgan fingerprint density at radius 1 is 1.21 bits per heavy atom. The van der Waals surface area contributed by atoms with E-state index in [9.17, 15) is 4.21 Å². The van der Waals surface area contributed by atoms with Crippen molar-refractivity contribution in [3.63, 3.8) is 0 Å². The van der Waals surface area contributed by atoms with Crippen LogP contribution in [0.4, 0.5) is 0 Å². The average Bonchev–Trinajstić information content (AvgIpc) is 2.48. The molecule has 0 heterocycles. The highest BCUT2D eigenvalue weighted by Crippen LogP contribution is 2.32. The lowest BCUT2D eigenvalue weighted by molar-refractivity contribution is 0.333. The monoisotopic (exact) mass is 279 g/mol. The Balaban J connectivity index is 1.91. The zero-order valence-electron chi connectivity index (χ0n) is 11.8. The molecular weight excluding hydrogens is 254 g/mol. The molecule has 0 saturated heterocycles. The van der Waals surface area contributed by atoms with Gasteiger partial charge in [-0.1, -0.05) is 50.1 Å². The van der Waals surface area contributed by atoms with Crippen LogP contribution in [0.5, 0.6) is 0 Å². The van der Waals surface area contributed by atoms with Gasteiger partial charge in [-0.15, -0.1) is 0 Å². The molecule has 0 bridgehead atoms. The normalized spacial score (nSPS) is 25.1. The number of hydrogen-bond acceptors (Lipinski definition) is 2. The Kier molecular flexibility index (Phi) is 6.05. The highest BCUT2D eigenvalue weighted by atomic mass is 32.2. The molecule has 3 atom stereocenters. The molecule has 0 spiro atoms. The minimum absolute atomic E-state index is 0.560. The summed E-state index contributed by atoms with van der Waals surface area (Å²) in [6.45, 7) is 2.87. The summed E-state index contributed by atoms with van der Waals surface area (Å²) >= 11 is 0. The molecular formula is C16H25NOS. The minimum Gasteiger partial charge on any atom is -0.312 e. The molecule has 1 fully saturated rings. The second kappa shape index (κ2) is 7.81. The first kappa shape index (κ1) is 14.7. The van der Waals surface area contributed by atoms with E-state index < -0.39 is 10.8 Å². The van der Waals surface area contributed by atoms with E-state index in [2.05, 4.69) is 35.6 Å². The van der Waals surface area contributed by atoms with Crippen LogP contribution >= 0.6 is 0 Å². The largest absolute Gasteiger partial charge is 0.312 e. The first-order valence-electron chi connectivity index (χ1n) is 7.44. The van der Waals surface area contributed by atoms with Crippen molar-refractivity contribution in [3.05, 3.63) is 35.9 Å². The zero-order chi connectivity index (χ0) is 13.5. The predicted molar refractivity (Wildman–Crippen MR) is 83.0 cm³/mol. The summed E-state index contributed by atoms with van der Waals surface area (Å²) in [6, 6.07) is 11.4. The molecule has 3 unspecified atom stereocenters. The van der Waals surface area contributed by atoms with Gasteiger partial charge in [0.2, 0.25) is 0 Å². The number of hydrogen-bond donors (Lipinski definition) is 1. The fraction of sp³-hybridized carbons (Fsp3) is 0.625. The van der Waals surface area contributed by atoms with Gasteiger partial charge < -0.3 is 5.32 Å². The Morgan fingerprint density at radius 2 is 1.95 bits per heavy atom. The first-order valence-corrected chi connectivity index (χ1v) is 8.93. The second-order valence-corrected chi connectivity index (χ2v) is 7.16. The van der Waals surface area contributed by atoms with Crippen LogP contribution in [0.15, 0.2) is 30.3 Å². The highest BCUT2D eigenvalue weighted by Gasteiger charge is 2.25. The first-order chi connectivity index (χ1) is 9.31. The van der Waals surface area contributed by atoms with Gasteiger partial charge in [0.15, 0.2) is 0 Å². The van der Waals surface area contributed by atoms with Crippen molar-refractivity contribution in [2.45, 2.75) is 44.6 Å². The maximum Gasteiger partial charge on any atom is 0.0360 e. The number of rotatable bonds is 6. The van der Waals surface area contributed by atoms with Crippen LogP contribution < -0.4 is 5.32 Å². The Morgan fingerprint density at radius 3 is 2.68 bits per heavy atom. The minimum atomic E-state index is -0.650. The molecule has 106 valence electrons. The van der Waals surface area contributed by atoms with Crippen molar-refractivity contribution in [2.75, 3.05) is 18.1 Å². The lowest BCUT2D eigenvalue weighted by Crippen LogP contribution is -2.39. The van der Waals surface area contributed by atoms with Crippen LogP contribution in [0.3, 0.4) is 0 Å². The maximum atomic E-state index is 11.5. The van der Waals surface area contributed by atoms with E-state index in [1.165, 1.54) is 31.2 Å². The molecule has 0 amide bonds. The summed E-state index contributed by atoms with van der Waals surface area (Å²) < 4.78 is 11.5. The van der Waals surface area contributed by atoms with E-state index in [-0.39, 0.29) is 0 Å². The fourth-order valence-corrected chi connectivity index (χ4v) is 3.61. The third kappa shape index (κ3) is 4.43. The zero-order valence-corrected chi connectivity index (χ0v) is 12.6. The quantitative estimate of drug-likeness (QED) is 0.867. The Labute approximate surface area is 119 Å². The topological polar surface area (TPSA) is 29.1 Å². The van der Waals surface area contributed by atoms with Crippen LogP contribution in [0.1, 0.15) is 44.1 Å². The van der Waals surface area contributed by atoms with E-state index in [1.54, 1.807) is 0 Å². The van der Waals surface area contributed by atoms with Crippen molar-refractivity contribution in [1.29, 1.82) is 0 Å². The van der Waals surface area contributed by atoms with Gasteiger partial charge >= 0.3 is 0 Å². The molecule has 1 N–H and O–H groups in total. The van der Waals surface area contributed by atoms with E-state index in [1.807, 2.05) is 6.92 Å². The van der Waals surface area contributed by atoms with Gasteiger partial charge in [0.05, 0.1) is 0 Å². The summed E-state index contributed by atoms with van der Waals surface area (Å²) in [4.78, 5) is 0. The van der Waals surface area contributed by atoms with E-state index in [0.29, 0.717) is 12.0 Å². The van der Waals surface area contributed by atoms with Crippen LogP contribution in [0.2, 0.25) is 0 Å². The molecule has 1 aromatic carbocycles. The smallest absolute Gasteiger partial charge is 0.0360 e. The summed E-state index contributed by atoms with van der Waals surface area (Å²) in [7, 11) is -0.650. The molecule has 2 rings (SSSR count). The summed E-state index contributed by atoms with van der Waals surface area (Å²) in [5, 5.41) is 3.64. The Hall–Kier alpha value is -0.670. The molecule has 3 heteroatoms. The predicted octanol–water partition coefficient (Wildman–Crippen LogP) is 3.07. The van der Waals surface area contributed by atoms with E-state index >= 15 is 0 Å². The highest BCUT2D eigenvalue weighted by molar-refractivity contribution is 7.84. The van der Waals surface area contributed by atoms with Gasteiger partial charge in [0, 0.05) is 34.9 Å². The summed E-state index contributed by atoms with van der Waals surface area (Å²) in [5.74, 6) is 2.19. The molecule has 1 aliphatic rings. The lowest BCUT2D eigenvalue weighted by atomic mass is 9.80. The van der Waals surface area contributed by atoms with Gasteiger partial charge in [-0.25, -0.2) is 0 Å². The number of nitrogens with one attached hydrogen (secondary N) is 1. The standard InChI is InChI=1S/C16H25NOS/c1-2-19(18)13-12-17-16-11-7-6-10-15(16)14-8-4-3-5-9-14/h3-5,8-9,15-17H,2,6-7,10-13H2,1H3. The third-order valence-corrected chi connectivity index (χ3v) is 5.36. The summed E-state index contributed by atoms with van der Waals surface area (Å²) in [5.41, 5.74) is 1.45. The van der Waals surface area contributed by atoms with Gasteiger partial charge in [0.25, 0.3) is 0 Å². The van der Waals surface area contributed by atoms with Crippen LogP contribution in [-0.2, 0) is 10.8 Å². The van der Waals surface area contributed by atoms with Gasteiger partial charge in [-0.2, -0.15) is 0 Å². The van der Waals surface area contributed by atoms with Crippen molar-refractivity contribution in [3.8, 4) is 0 Å². The van der Waals surface area contributed by atoms with Crippen LogP contribution in [0.25, 0.3) is 0 Å². The molecule has 0 aliphatic heterocycles. The van der Waals surface area contributed by atoms with Gasteiger partial charge in [0.1, 0.15) is 0 Å². The molecule has 19 heavy (non-hydrogen) atoms. The lowest BCUT2D eigenvalue weighted by Gasteiger charge is -2.32. The molecule has 1 saturated carbocycles. The van der Waals surface area contributed by atoms with Crippen LogP contribution in [-0.4, -0.2) is 28.3 Å². The molecule has 0 aromatic heterocycles. The van der Waals surface area contributed by atoms with Crippen molar-refractivity contribution in [1.82, 2.24) is 5.32 Å². The maximum absolute atomic E-state index is 11.5. The molecule has 0 radical (unpaired) electrons. The van der Waals surface area contributed by atoms with Crippen molar-refractivity contribution < 1.29 is 4.21 Å². The average molecular weight is 279 g/mol. The molecule has 1 aromatic rings. The van der Waals surface area contributed by atoms with E-state index in [4.69, 9.17) is 0 Å². The third-order valence-electron chi connectivity index (χ3n) is 4.05. The van der Waals surface area contributed by atoms with Crippen molar-refractivity contribution in [2.24, 2.45) is 0 Å². The summed E-state index contributed by atoms with van der Waals surface area (Å²) in [6.07, 6.45) is 5.17.